The van der Waals surface area contributed by atoms with E-state index in [4.69, 9.17) is 0 Å². The number of carbonyl (C=O) groups is 1. The SMILES string of the molecule is O=C(NCC1CCN(Cc2ccccc2)CC1)N1CCCCCC1. The molecule has 0 radical (unpaired) electrons. The Hall–Kier alpha value is -1.55. The fourth-order valence-corrected chi connectivity index (χ4v) is 3.81. The van der Waals surface area contributed by atoms with E-state index >= 15 is 0 Å². The number of hydrogen-bond acceptors (Lipinski definition) is 2. The second-order valence-electron chi connectivity index (χ2n) is 7.29. The minimum Gasteiger partial charge on any atom is -0.338 e. The summed E-state index contributed by atoms with van der Waals surface area (Å²) in [5.41, 5.74) is 1.39. The molecule has 4 nitrogen and oxygen atoms in total. The summed E-state index contributed by atoms with van der Waals surface area (Å²) in [6, 6.07) is 10.9. The zero-order chi connectivity index (χ0) is 16.6. The van der Waals surface area contributed by atoms with Crippen LogP contribution in [-0.4, -0.2) is 48.6 Å². The largest absolute Gasteiger partial charge is 0.338 e. The maximum atomic E-state index is 12.3. The standard InChI is InChI=1S/C20H31N3O/c24-20(23-12-6-1-2-7-13-23)21-16-18-10-14-22(15-11-18)17-19-8-4-3-5-9-19/h3-5,8-9,18H,1-2,6-7,10-17H2,(H,21,24). The van der Waals surface area contributed by atoms with Crippen LogP contribution in [0, 0.1) is 5.92 Å². The Kier molecular flexibility index (Phi) is 6.53. The molecule has 0 aliphatic carbocycles. The lowest BCUT2D eigenvalue weighted by Gasteiger charge is -2.32. The highest BCUT2D eigenvalue weighted by Gasteiger charge is 2.21. The lowest BCUT2D eigenvalue weighted by molar-refractivity contribution is 0.168. The van der Waals surface area contributed by atoms with Crippen molar-refractivity contribution in [2.45, 2.75) is 45.1 Å². The average molecular weight is 329 g/mol. The van der Waals surface area contributed by atoms with E-state index in [2.05, 4.69) is 40.5 Å². The summed E-state index contributed by atoms with van der Waals surface area (Å²) in [5.74, 6) is 0.632. The molecule has 2 saturated heterocycles. The van der Waals surface area contributed by atoms with Crippen molar-refractivity contribution in [2.24, 2.45) is 5.92 Å². The van der Waals surface area contributed by atoms with Crippen LogP contribution in [0.4, 0.5) is 4.79 Å². The quantitative estimate of drug-likeness (QED) is 0.918. The monoisotopic (exact) mass is 329 g/mol. The number of piperidine rings is 1. The van der Waals surface area contributed by atoms with E-state index in [0.717, 1.165) is 52.1 Å². The molecule has 1 aromatic rings. The van der Waals surface area contributed by atoms with Gasteiger partial charge in [0.1, 0.15) is 0 Å². The minimum absolute atomic E-state index is 0.156. The Morgan fingerprint density at radius 2 is 1.62 bits per heavy atom. The van der Waals surface area contributed by atoms with Gasteiger partial charge in [-0.05, 0) is 50.3 Å². The first-order chi connectivity index (χ1) is 11.8. The molecule has 24 heavy (non-hydrogen) atoms. The summed E-state index contributed by atoms with van der Waals surface area (Å²) >= 11 is 0. The molecule has 0 bridgehead atoms. The Labute approximate surface area is 146 Å². The smallest absolute Gasteiger partial charge is 0.317 e. The van der Waals surface area contributed by atoms with Crippen LogP contribution >= 0.6 is 0 Å². The van der Waals surface area contributed by atoms with Gasteiger partial charge in [-0.15, -0.1) is 0 Å². The van der Waals surface area contributed by atoms with Gasteiger partial charge in [-0.1, -0.05) is 43.2 Å². The van der Waals surface area contributed by atoms with Crippen LogP contribution in [-0.2, 0) is 6.54 Å². The van der Waals surface area contributed by atoms with Gasteiger partial charge in [0.05, 0.1) is 0 Å². The van der Waals surface area contributed by atoms with E-state index in [1.807, 2.05) is 4.90 Å². The Balaban J connectivity index is 1.35. The van der Waals surface area contributed by atoms with E-state index in [1.165, 1.54) is 31.2 Å². The first kappa shape index (κ1) is 17.3. The van der Waals surface area contributed by atoms with Gasteiger partial charge in [-0.25, -0.2) is 4.79 Å². The number of nitrogens with zero attached hydrogens (tertiary/aromatic N) is 2. The van der Waals surface area contributed by atoms with Crippen molar-refractivity contribution >= 4 is 6.03 Å². The highest BCUT2D eigenvalue weighted by atomic mass is 16.2. The normalized spacial score (nSPS) is 20.6. The summed E-state index contributed by atoms with van der Waals surface area (Å²) in [6.07, 6.45) is 7.23. The zero-order valence-corrected chi connectivity index (χ0v) is 14.8. The van der Waals surface area contributed by atoms with E-state index in [1.54, 1.807) is 0 Å². The fourth-order valence-electron chi connectivity index (χ4n) is 3.81. The molecule has 132 valence electrons. The molecule has 0 saturated carbocycles. The molecule has 2 fully saturated rings. The fraction of sp³-hybridized carbons (Fsp3) is 0.650. The number of likely N-dealkylation sites (tertiary alicyclic amines) is 2. The van der Waals surface area contributed by atoms with E-state index in [-0.39, 0.29) is 6.03 Å². The molecular formula is C20H31N3O. The summed E-state index contributed by atoms with van der Waals surface area (Å²) in [6.45, 7) is 6.03. The summed E-state index contributed by atoms with van der Waals surface area (Å²) in [5, 5.41) is 3.18. The number of nitrogens with one attached hydrogen (secondary N) is 1. The van der Waals surface area contributed by atoms with Gasteiger partial charge in [-0.2, -0.15) is 0 Å². The van der Waals surface area contributed by atoms with Crippen molar-refractivity contribution in [1.29, 1.82) is 0 Å². The number of carbonyl (C=O) groups excluding carboxylic acids is 1. The molecule has 2 aliphatic heterocycles. The van der Waals surface area contributed by atoms with Crippen molar-refractivity contribution in [3.63, 3.8) is 0 Å². The second-order valence-corrected chi connectivity index (χ2v) is 7.29. The third-order valence-electron chi connectivity index (χ3n) is 5.39. The predicted molar refractivity (Wildman–Crippen MR) is 97.9 cm³/mol. The third-order valence-corrected chi connectivity index (χ3v) is 5.39. The van der Waals surface area contributed by atoms with E-state index < -0.39 is 0 Å². The van der Waals surface area contributed by atoms with Gasteiger partial charge >= 0.3 is 6.03 Å². The van der Waals surface area contributed by atoms with Gasteiger partial charge in [0, 0.05) is 26.2 Å². The topological polar surface area (TPSA) is 35.6 Å². The van der Waals surface area contributed by atoms with Gasteiger partial charge < -0.3 is 10.2 Å². The summed E-state index contributed by atoms with van der Waals surface area (Å²) in [4.78, 5) is 16.8. The zero-order valence-electron chi connectivity index (χ0n) is 14.8. The lowest BCUT2D eigenvalue weighted by Crippen LogP contribution is -2.44. The van der Waals surface area contributed by atoms with E-state index in [0.29, 0.717) is 5.92 Å². The molecule has 3 rings (SSSR count). The van der Waals surface area contributed by atoms with E-state index in [9.17, 15) is 4.79 Å². The Bertz CT molecular complexity index is 489. The molecule has 4 heteroatoms. The molecule has 2 amide bonds. The van der Waals surface area contributed by atoms with Crippen LogP contribution in [0.25, 0.3) is 0 Å². The Morgan fingerprint density at radius 3 is 2.29 bits per heavy atom. The molecule has 2 heterocycles. The van der Waals surface area contributed by atoms with Crippen molar-refractivity contribution in [2.75, 3.05) is 32.7 Å². The van der Waals surface area contributed by atoms with Crippen molar-refractivity contribution in [3.05, 3.63) is 35.9 Å². The summed E-state index contributed by atoms with van der Waals surface area (Å²) in [7, 11) is 0. The number of rotatable bonds is 4. The van der Waals surface area contributed by atoms with Crippen molar-refractivity contribution in [3.8, 4) is 0 Å². The number of hydrogen-bond donors (Lipinski definition) is 1. The van der Waals surface area contributed by atoms with Crippen molar-refractivity contribution in [1.82, 2.24) is 15.1 Å². The number of amides is 2. The first-order valence-electron chi connectivity index (χ1n) is 9.60. The van der Waals surface area contributed by atoms with Crippen LogP contribution in [0.15, 0.2) is 30.3 Å². The average Bonchev–Trinajstić information content (AvgIpc) is 2.91. The van der Waals surface area contributed by atoms with Crippen LogP contribution in [0.3, 0.4) is 0 Å². The number of benzene rings is 1. The molecule has 0 spiro atoms. The van der Waals surface area contributed by atoms with Gasteiger partial charge in [0.15, 0.2) is 0 Å². The highest BCUT2D eigenvalue weighted by Crippen LogP contribution is 2.18. The van der Waals surface area contributed by atoms with Gasteiger partial charge in [-0.3, -0.25) is 4.90 Å². The van der Waals surface area contributed by atoms with Crippen molar-refractivity contribution < 1.29 is 4.79 Å². The molecule has 0 atom stereocenters. The highest BCUT2D eigenvalue weighted by molar-refractivity contribution is 5.74. The van der Waals surface area contributed by atoms with Gasteiger partial charge in [0.25, 0.3) is 0 Å². The third kappa shape index (κ3) is 5.23. The van der Waals surface area contributed by atoms with Crippen LogP contribution < -0.4 is 5.32 Å². The van der Waals surface area contributed by atoms with Crippen LogP contribution in [0.2, 0.25) is 0 Å². The molecule has 0 aromatic heterocycles. The number of urea groups is 1. The molecule has 0 unspecified atom stereocenters. The van der Waals surface area contributed by atoms with Crippen LogP contribution in [0.1, 0.15) is 44.1 Å². The summed E-state index contributed by atoms with van der Waals surface area (Å²) < 4.78 is 0. The molecular weight excluding hydrogens is 298 g/mol. The maximum Gasteiger partial charge on any atom is 0.317 e. The molecule has 1 aromatic carbocycles. The van der Waals surface area contributed by atoms with Gasteiger partial charge in [0.2, 0.25) is 0 Å². The Morgan fingerprint density at radius 1 is 0.958 bits per heavy atom. The minimum atomic E-state index is 0.156. The predicted octanol–water partition coefficient (Wildman–Crippen LogP) is 3.48. The first-order valence-corrected chi connectivity index (χ1v) is 9.60. The lowest BCUT2D eigenvalue weighted by atomic mass is 9.96. The maximum absolute atomic E-state index is 12.3. The second kappa shape index (κ2) is 9.07. The molecule has 1 N–H and O–H groups in total. The molecule has 2 aliphatic rings. The van der Waals surface area contributed by atoms with Crippen LogP contribution in [0.5, 0.6) is 0 Å².